The first kappa shape index (κ1) is 14.8. The average molecular weight is 304 g/mol. The van der Waals surface area contributed by atoms with Crippen molar-refractivity contribution in [3.8, 4) is 0 Å². The van der Waals surface area contributed by atoms with E-state index in [-0.39, 0.29) is 0 Å². The van der Waals surface area contributed by atoms with Gasteiger partial charge in [0.1, 0.15) is 0 Å². The molecule has 0 N–H and O–H groups in total. The lowest BCUT2D eigenvalue weighted by Crippen LogP contribution is -2.20. The zero-order valence-electron chi connectivity index (χ0n) is 12.6. The van der Waals surface area contributed by atoms with Crippen LogP contribution in [-0.4, -0.2) is 16.4 Å². The Hall–Kier alpha value is -2.16. The second-order valence-electron chi connectivity index (χ2n) is 5.37. The molecule has 0 fully saturated rings. The summed E-state index contributed by atoms with van der Waals surface area (Å²) in [5.41, 5.74) is 2.63. The van der Waals surface area contributed by atoms with Gasteiger partial charge in [0, 0.05) is 12.5 Å². The number of rotatable bonds is 6. The van der Waals surface area contributed by atoms with Gasteiger partial charge in [0.15, 0.2) is 9.76 Å². The minimum atomic E-state index is -0.664. The molecular formula is C20H20OSi. The van der Waals surface area contributed by atoms with E-state index in [4.69, 9.17) is 4.43 Å². The van der Waals surface area contributed by atoms with E-state index in [0.717, 1.165) is 6.61 Å². The maximum absolute atomic E-state index is 6.13. The van der Waals surface area contributed by atoms with Crippen LogP contribution in [0.3, 0.4) is 0 Å². The minimum absolute atomic E-state index is 0.304. The molecule has 0 saturated carbocycles. The molecule has 0 unspecified atom stereocenters. The van der Waals surface area contributed by atoms with Gasteiger partial charge >= 0.3 is 0 Å². The van der Waals surface area contributed by atoms with E-state index in [1.807, 2.05) is 0 Å². The number of hydrogen-bond donors (Lipinski definition) is 0. The summed E-state index contributed by atoms with van der Waals surface area (Å²) in [5.74, 6) is 0.304. The molecule has 0 atom stereocenters. The van der Waals surface area contributed by atoms with Crippen molar-refractivity contribution in [2.24, 2.45) is 0 Å². The van der Waals surface area contributed by atoms with Gasteiger partial charge in [0.05, 0.1) is 0 Å². The van der Waals surface area contributed by atoms with Gasteiger partial charge in [0.25, 0.3) is 0 Å². The van der Waals surface area contributed by atoms with Crippen molar-refractivity contribution in [2.45, 2.75) is 5.92 Å². The van der Waals surface area contributed by atoms with Crippen LogP contribution < -0.4 is 5.19 Å². The predicted octanol–water partition coefficient (Wildman–Crippen LogP) is 3.24. The van der Waals surface area contributed by atoms with E-state index in [0.29, 0.717) is 5.92 Å². The molecule has 3 aromatic carbocycles. The Morgan fingerprint density at radius 1 is 0.636 bits per heavy atom. The highest BCUT2D eigenvalue weighted by Crippen LogP contribution is 2.24. The van der Waals surface area contributed by atoms with Crippen molar-refractivity contribution in [3.05, 3.63) is 102 Å². The predicted molar refractivity (Wildman–Crippen MR) is 95.3 cm³/mol. The van der Waals surface area contributed by atoms with Gasteiger partial charge < -0.3 is 4.43 Å². The van der Waals surface area contributed by atoms with E-state index in [1.54, 1.807) is 0 Å². The standard InChI is InChI=1S/C20H20OSi/c1-4-10-17(11-5-1)20(18-12-6-2-7-13-18)16-21-22-19-14-8-3-9-15-19/h1-15,20H,16,22H2. The maximum atomic E-state index is 6.13. The molecule has 1 nitrogen and oxygen atoms in total. The molecule has 0 aliphatic heterocycles. The topological polar surface area (TPSA) is 9.23 Å². The third-order valence-corrected chi connectivity index (χ3v) is 5.04. The van der Waals surface area contributed by atoms with Crippen molar-refractivity contribution >= 4 is 14.9 Å². The molecule has 0 radical (unpaired) electrons. The third kappa shape index (κ3) is 3.94. The summed E-state index contributed by atoms with van der Waals surface area (Å²) in [6.07, 6.45) is 0. The quantitative estimate of drug-likeness (QED) is 0.635. The Labute approximate surface area is 134 Å². The number of hydrogen-bond acceptors (Lipinski definition) is 1. The molecule has 0 aliphatic carbocycles. The van der Waals surface area contributed by atoms with Crippen molar-refractivity contribution in [1.29, 1.82) is 0 Å². The zero-order chi connectivity index (χ0) is 15.0. The Kier molecular flexibility index (Phi) is 5.19. The van der Waals surface area contributed by atoms with E-state index < -0.39 is 9.76 Å². The van der Waals surface area contributed by atoms with Crippen LogP contribution in [0.2, 0.25) is 0 Å². The Morgan fingerprint density at radius 3 is 1.59 bits per heavy atom. The van der Waals surface area contributed by atoms with E-state index in [2.05, 4.69) is 91.0 Å². The maximum Gasteiger partial charge on any atom is 0.192 e. The molecule has 3 rings (SSSR count). The van der Waals surface area contributed by atoms with Crippen LogP contribution >= 0.6 is 0 Å². The van der Waals surface area contributed by atoms with Crippen molar-refractivity contribution in [2.75, 3.05) is 6.61 Å². The van der Waals surface area contributed by atoms with E-state index in [1.165, 1.54) is 16.3 Å². The van der Waals surface area contributed by atoms with Gasteiger partial charge in [-0.1, -0.05) is 91.0 Å². The van der Waals surface area contributed by atoms with Crippen molar-refractivity contribution in [1.82, 2.24) is 0 Å². The summed E-state index contributed by atoms with van der Waals surface area (Å²) in [6, 6.07) is 31.8. The third-order valence-electron chi connectivity index (χ3n) is 3.80. The van der Waals surface area contributed by atoms with Gasteiger partial charge in [-0.25, -0.2) is 0 Å². The largest absolute Gasteiger partial charge is 0.418 e. The highest BCUT2D eigenvalue weighted by molar-refractivity contribution is 6.46. The first-order valence-electron chi connectivity index (χ1n) is 7.65. The molecule has 0 spiro atoms. The fraction of sp³-hybridized carbons (Fsp3) is 0.100. The molecule has 0 heterocycles. The lowest BCUT2D eigenvalue weighted by Gasteiger charge is -2.18. The highest BCUT2D eigenvalue weighted by Gasteiger charge is 2.13. The van der Waals surface area contributed by atoms with Crippen LogP contribution in [0.4, 0.5) is 0 Å². The molecule has 0 bridgehead atoms. The van der Waals surface area contributed by atoms with Crippen LogP contribution in [0.1, 0.15) is 17.0 Å². The molecular weight excluding hydrogens is 284 g/mol. The molecule has 110 valence electrons. The van der Waals surface area contributed by atoms with Gasteiger partial charge in [-0.15, -0.1) is 0 Å². The molecule has 22 heavy (non-hydrogen) atoms. The molecule has 0 amide bonds. The summed E-state index contributed by atoms with van der Waals surface area (Å²) in [7, 11) is -0.664. The lowest BCUT2D eigenvalue weighted by atomic mass is 9.92. The summed E-state index contributed by atoms with van der Waals surface area (Å²) in [6.45, 7) is 0.745. The molecule has 2 heteroatoms. The summed E-state index contributed by atoms with van der Waals surface area (Å²) in [4.78, 5) is 0. The van der Waals surface area contributed by atoms with Gasteiger partial charge in [-0.2, -0.15) is 0 Å². The Balaban J connectivity index is 1.72. The second-order valence-corrected chi connectivity index (χ2v) is 6.89. The SMILES string of the molecule is c1ccc([SiH2]OCC(c2ccccc2)c2ccccc2)cc1. The fourth-order valence-corrected chi connectivity index (χ4v) is 3.68. The van der Waals surface area contributed by atoms with E-state index >= 15 is 0 Å². The minimum Gasteiger partial charge on any atom is -0.418 e. The Morgan fingerprint density at radius 2 is 1.09 bits per heavy atom. The average Bonchev–Trinajstić information content (AvgIpc) is 2.61. The first-order valence-corrected chi connectivity index (χ1v) is 8.93. The first-order chi connectivity index (χ1) is 10.9. The van der Waals surface area contributed by atoms with Crippen molar-refractivity contribution in [3.63, 3.8) is 0 Å². The molecule has 0 aliphatic rings. The highest BCUT2D eigenvalue weighted by atomic mass is 28.2. The fourth-order valence-electron chi connectivity index (χ4n) is 2.62. The van der Waals surface area contributed by atoms with Crippen LogP contribution in [0.25, 0.3) is 0 Å². The summed E-state index contributed by atoms with van der Waals surface area (Å²) in [5, 5.41) is 1.35. The zero-order valence-corrected chi connectivity index (χ0v) is 14.0. The van der Waals surface area contributed by atoms with Crippen LogP contribution in [-0.2, 0) is 4.43 Å². The number of benzene rings is 3. The summed E-state index contributed by atoms with van der Waals surface area (Å²) >= 11 is 0. The molecule has 0 aromatic heterocycles. The van der Waals surface area contributed by atoms with Crippen LogP contribution in [0, 0.1) is 0 Å². The van der Waals surface area contributed by atoms with Gasteiger partial charge in [-0.3, -0.25) is 0 Å². The van der Waals surface area contributed by atoms with Gasteiger partial charge in [0.2, 0.25) is 0 Å². The summed E-state index contributed by atoms with van der Waals surface area (Å²) < 4.78 is 6.13. The van der Waals surface area contributed by atoms with E-state index in [9.17, 15) is 0 Å². The molecule has 0 saturated heterocycles. The normalized spacial score (nSPS) is 11.3. The smallest absolute Gasteiger partial charge is 0.192 e. The van der Waals surface area contributed by atoms with Crippen LogP contribution in [0.15, 0.2) is 91.0 Å². The van der Waals surface area contributed by atoms with Gasteiger partial charge in [-0.05, 0) is 16.3 Å². The Bertz CT molecular complexity index is 628. The monoisotopic (exact) mass is 304 g/mol. The lowest BCUT2D eigenvalue weighted by molar-refractivity contribution is 0.325. The van der Waals surface area contributed by atoms with Crippen LogP contribution in [0.5, 0.6) is 0 Å². The second kappa shape index (κ2) is 7.73. The molecule has 3 aromatic rings. The van der Waals surface area contributed by atoms with Crippen molar-refractivity contribution < 1.29 is 4.43 Å².